The van der Waals surface area contributed by atoms with Crippen LogP contribution in [0.15, 0.2) is 0 Å². The minimum atomic E-state index is -0.251. The quantitative estimate of drug-likeness (QED) is 0.699. The molecule has 6 heteroatoms. The number of amides is 1. The van der Waals surface area contributed by atoms with E-state index < -0.39 is 0 Å². The molecule has 0 atom stereocenters. The van der Waals surface area contributed by atoms with Gasteiger partial charge >= 0.3 is 0 Å². The zero-order chi connectivity index (χ0) is 12.0. The van der Waals surface area contributed by atoms with Crippen LogP contribution in [0.5, 0.6) is 0 Å². The number of carbonyl (C=O) groups is 1. The molecule has 1 aromatic rings. The van der Waals surface area contributed by atoms with Crippen LogP contribution in [0.2, 0.25) is 0 Å². The monoisotopic (exact) mass is 226 g/mol. The first-order chi connectivity index (χ1) is 7.65. The minimum absolute atomic E-state index is 0.195. The molecule has 90 valence electrons. The molecule has 2 N–H and O–H groups in total. The SMILES string of the molecule is COCCCNC(=O)c1n[nH]c(C(C)C)n1. The van der Waals surface area contributed by atoms with Gasteiger partial charge in [-0.1, -0.05) is 13.8 Å². The number of aromatic nitrogens is 3. The van der Waals surface area contributed by atoms with Gasteiger partial charge in [0.15, 0.2) is 0 Å². The van der Waals surface area contributed by atoms with E-state index in [1.165, 1.54) is 0 Å². The van der Waals surface area contributed by atoms with Gasteiger partial charge in [-0.25, -0.2) is 4.98 Å². The molecule has 0 spiro atoms. The Hall–Kier alpha value is -1.43. The zero-order valence-electron chi connectivity index (χ0n) is 9.91. The number of aromatic amines is 1. The summed E-state index contributed by atoms with van der Waals surface area (Å²) in [4.78, 5) is 15.6. The van der Waals surface area contributed by atoms with Crippen LogP contribution >= 0.6 is 0 Å². The average molecular weight is 226 g/mol. The van der Waals surface area contributed by atoms with Crippen molar-refractivity contribution in [2.24, 2.45) is 0 Å². The third kappa shape index (κ3) is 3.62. The second-order valence-electron chi connectivity index (χ2n) is 3.80. The lowest BCUT2D eigenvalue weighted by Gasteiger charge is -2.01. The first-order valence-corrected chi connectivity index (χ1v) is 5.34. The van der Waals surface area contributed by atoms with Gasteiger partial charge < -0.3 is 10.1 Å². The lowest BCUT2D eigenvalue weighted by atomic mass is 10.2. The Labute approximate surface area is 94.8 Å². The van der Waals surface area contributed by atoms with E-state index in [0.29, 0.717) is 13.2 Å². The van der Waals surface area contributed by atoms with Gasteiger partial charge in [0, 0.05) is 26.2 Å². The fourth-order valence-electron chi connectivity index (χ4n) is 1.13. The highest BCUT2D eigenvalue weighted by atomic mass is 16.5. The summed E-state index contributed by atoms with van der Waals surface area (Å²) >= 11 is 0. The Morgan fingerprint density at radius 3 is 2.88 bits per heavy atom. The largest absolute Gasteiger partial charge is 0.385 e. The van der Waals surface area contributed by atoms with Crippen LogP contribution in [0, 0.1) is 0 Å². The van der Waals surface area contributed by atoms with Crippen molar-refractivity contribution in [3.8, 4) is 0 Å². The molecular formula is C10H18N4O2. The molecule has 1 amide bonds. The number of hydrogen-bond acceptors (Lipinski definition) is 4. The number of H-pyrrole nitrogens is 1. The normalized spacial score (nSPS) is 10.8. The number of ether oxygens (including phenoxy) is 1. The molecule has 1 rings (SSSR count). The van der Waals surface area contributed by atoms with E-state index in [1.807, 2.05) is 13.8 Å². The predicted molar refractivity (Wildman–Crippen MR) is 59.3 cm³/mol. The van der Waals surface area contributed by atoms with Crippen molar-refractivity contribution in [3.05, 3.63) is 11.6 Å². The highest BCUT2D eigenvalue weighted by Gasteiger charge is 2.12. The number of rotatable bonds is 6. The standard InChI is InChI=1S/C10H18N4O2/c1-7(2)8-12-9(14-13-8)10(15)11-5-4-6-16-3/h7H,4-6H2,1-3H3,(H,11,15)(H,12,13,14). The lowest BCUT2D eigenvalue weighted by molar-refractivity contribution is 0.0938. The molecule has 6 nitrogen and oxygen atoms in total. The smallest absolute Gasteiger partial charge is 0.290 e. The van der Waals surface area contributed by atoms with Crippen molar-refractivity contribution in [3.63, 3.8) is 0 Å². The summed E-state index contributed by atoms with van der Waals surface area (Å²) in [6, 6.07) is 0. The van der Waals surface area contributed by atoms with Gasteiger partial charge in [-0.15, -0.1) is 5.10 Å². The summed E-state index contributed by atoms with van der Waals surface area (Å²) in [6.07, 6.45) is 0.781. The highest BCUT2D eigenvalue weighted by molar-refractivity contribution is 5.90. The van der Waals surface area contributed by atoms with Crippen molar-refractivity contribution in [2.75, 3.05) is 20.3 Å². The third-order valence-electron chi connectivity index (χ3n) is 2.06. The van der Waals surface area contributed by atoms with Gasteiger partial charge in [-0.2, -0.15) is 0 Å². The van der Waals surface area contributed by atoms with Gasteiger partial charge in [0.05, 0.1) is 0 Å². The molecule has 0 aliphatic heterocycles. The average Bonchev–Trinajstić information content (AvgIpc) is 2.73. The molecular weight excluding hydrogens is 208 g/mol. The summed E-state index contributed by atoms with van der Waals surface area (Å²) in [6.45, 7) is 5.17. The minimum Gasteiger partial charge on any atom is -0.385 e. The molecule has 0 unspecified atom stereocenters. The van der Waals surface area contributed by atoms with Crippen LogP contribution in [-0.4, -0.2) is 41.3 Å². The first-order valence-electron chi connectivity index (χ1n) is 5.34. The molecule has 1 aromatic heterocycles. The summed E-state index contributed by atoms with van der Waals surface area (Å²) in [7, 11) is 1.63. The van der Waals surface area contributed by atoms with E-state index in [4.69, 9.17) is 4.74 Å². The Kier molecular flexibility index (Phi) is 4.91. The maximum atomic E-state index is 11.5. The van der Waals surface area contributed by atoms with Crippen molar-refractivity contribution >= 4 is 5.91 Å². The van der Waals surface area contributed by atoms with Crippen molar-refractivity contribution in [1.29, 1.82) is 0 Å². The molecule has 16 heavy (non-hydrogen) atoms. The van der Waals surface area contributed by atoms with Gasteiger partial charge in [-0.3, -0.25) is 9.89 Å². The second-order valence-corrected chi connectivity index (χ2v) is 3.80. The molecule has 0 saturated heterocycles. The first kappa shape index (κ1) is 12.6. The van der Waals surface area contributed by atoms with Crippen LogP contribution in [0.4, 0.5) is 0 Å². The van der Waals surface area contributed by atoms with E-state index in [9.17, 15) is 4.79 Å². The Bertz CT molecular complexity index is 335. The maximum absolute atomic E-state index is 11.5. The van der Waals surface area contributed by atoms with Crippen LogP contribution in [0.1, 0.15) is 42.6 Å². The predicted octanol–water partition coefficient (Wildman–Crippen LogP) is 0.694. The van der Waals surface area contributed by atoms with Crippen LogP contribution in [-0.2, 0) is 4.74 Å². The summed E-state index contributed by atoms with van der Waals surface area (Å²) in [5.41, 5.74) is 0. The number of hydrogen-bond donors (Lipinski definition) is 2. The summed E-state index contributed by atoms with van der Waals surface area (Å²) in [5, 5.41) is 9.32. The lowest BCUT2D eigenvalue weighted by Crippen LogP contribution is -2.26. The van der Waals surface area contributed by atoms with Gasteiger partial charge in [0.25, 0.3) is 5.91 Å². The third-order valence-corrected chi connectivity index (χ3v) is 2.06. The molecule has 0 aliphatic carbocycles. The highest BCUT2D eigenvalue weighted by Crippen LogP contribution is 2.07. The molecule has 0 fully saturated rings. The molecule has 0 saturated carbocycles. The van der Waals surface area contributed by atoms with E-state index in [-0.39, 0.29) is 17.6 Å². The van der Waals surface area contributed by atoms with Crippen molar-refractivity contribution in [1.82, 2.24) is 20.5 Å². The number of nitrogens with one attached hydrogen (secondary N) is 2. The molecule has 0 radical (unpaired) electrons. The van der Waals surface area contributed by atoms with Crippen LogP contribution < -0.4 is 5.32 Å². The fraction of sp³-hybridized carbons (Fsp3) is 0.700. The van der Waals surface area contributed by atoms with Crippen LogP contribution in [0.3, 0.4) is 0 Å². The number of nitrogens with zero attached hydrogens (tertiary/aromatic N) is 2. The van der Waals surface area contributed by atoms with Gasteiger partial charge in [0.2, 0.25) is 5.82 Å². The van der Waals surface area contributed by atoms with Gasteiger partial charge in [-0.05, 0) is 6.42 Å². The van der Waals surface area contributed by atoms with Crippen molar-refractivity contribution in [2.45, 2.75) is 26.2 Å². The molecule has 0 bridgehead atoms. The Morgan fingerprint density at radius 2 is 2.31 bits per heavy atom. The maximum Gasteiger partial charge on any atom is 0.290 e. The second kappa shape index (κ2) is 6.22. The molecule has 0 aromatic carbocycles. The van der Waals surface area contributed by atoms with E-state index in [2.05, 4.69) is 20.5 Å². The fourth-order valence-corrected chi connectivity index (χ4v) is 1.13. The Balaban J connectivity index is 2.40. The van der Waals surface area contributed by atoms with Crippen LogP contribution in [0.25, 0.3) is 0 Å². The zero-order valence-corrected chi connectivity index (χ0v) is 9.91. The van der Waals surface area contributed by atoms with E-state index >= 15 is 0 Å². The summed E-state index contributed by atoms with van der Waals surface area (Å²) < 4.78 is 4.88. The van der Waals surface area contributed by atoms with Gasteiger partial charge in [0.1, 0.15) is 5.82 Å². The topological polar surface area (TPSA) is 79.9 Å². The van der Waals surface area contributed by atoms with Crippen molar-refractivity contribution < 1.29 is 9.53 Å². The Morgan fingerprint density at radius 1 is 1.56 bits per heavy atom. The number of carbonyl (C=O) groups excluding carboxylic acids is 1. The molecule has 0 aliphatic rings. The molecule has 1 heterocycles. The number of methoxy groups -OCH3 is 1. The van der Waals surface area contributed by atoms with E-state index in [1.54, 1.807) is 7.11 Å². The summed E-state index contributed by atoms with van der Waals surface area (Å²) in [5.74, 6) is 0.907. The van der Waals surface area contributed by atoms with E-state index in [0.717, 1.165) is 12.2 Å².